The number of benzene rings is 2. The number of anilines is 1. The number of carbonyl (C=O) groups is 3. The lowest BCUT2D eigenvalue weighted by Gasteiger charge is -2.22. The molecule has 1 fully saturated rings. The maximum Gasteiger partial charge on any atom is 0.268 e. The highest BCUT2D eigenvalue weighted by atomic mass is 35.5. The Labute approximate surface area is 189 Å². The Morgan fingerprint density at radius 1 is 1.28 bits per heavy atom. The van der Waals surface area contributed by atoms with Gasteiger partial charge < -0.3 is 25.3 Å². The molecule has 0 saturated carbocycles. The number of carbonyl (C=O) groups excluding carboxylic acids is 3. The molecular weight excluding hydrogens is 441 g/mol. The predicted octanol–water partition coefficient (Wildman–Crippen LogP) is 1.33. The Bertz CT molecular complexity index is 1030. The summed E-state index contributed by atoms with van der Waals surface area (Å²) in [5.41, 5.74) is -1.24. The van der Waals surface area contributed by atoms with E-state index in [2.05, 4.69) is 5.32 Å². The van der Waals surface area contributed by atoms with Gasteiger partial charge in [0.2, 0.25) is 5.60 Å². The number of amides is 3. The molecule has 1 saturated heterocycles. The lowest BCUT2D eigenvalue weighted by atomic mass is 10.0. The first-order chi connectivity index (χ1) is 15.2. The van der Waals surface area contributed by atoms with Crippen LogP contribution >= 0.6 is 11.6 Å². The van der Waals surface area contributed by atoms with Gasteiger partial charge in [0.15, 0.2) is 0 Å². The summed E-state index contributed by atoms with van der Waals surface area (Å²) < 4.78 is 13.5. The molecule has 2 aromatic rings. The SMILES string of the molecule is CN(CCO)C(=O)c1cccc(N2CC[C@](O)(C(=O)NCc3cc(F)cc(Cl)c3)C2=O)c1. The molecule has 10 heteroatoms. The average molecular weight is 464 g/mol. The first-order valence-electron chi connectivity index (χ1n) is 9.89. The molecule has 8 nitrogen and oxygen atoms in total. The minimum absolute atomic E-state index is 0.0681. The van der Waals surface area contributed by atoms with Crippen molar-refractivity contribution in [1.82, 2.24) is 10.2 Å². The lowest BCUT2D eigenvalue weighted by Crippen LogP contribution is -2.52. The molecule has 2 aromatic carbocycles. The van der Waals surface area contributed by atoms with Crippen LogP contribution in [0.15, 0.2) is 42.5 Å². The first-order valence-corrected chi connectivity index (χ1v) is 10.3. The molecule has 3 N–H and O–H groups in total. The molecule has 1 atom stereocenters. The van der Waals surface area contributed by atoms with Gasteiger partial charge in [-0.2, -0.15) is 0 Å². The van der Waals surface area contributed by atoms with Crippen LogP contribution in [0.2, 0.25) is 5.02 Å². The van der Waals surface area contributed by atoms with Crippen LogP contribution in [0, 0.1) is 5.82 Å². The van der Waals surface area contributed by atoms with Crippen molar-refractivity contribution in [2.75, 3.05) is 31.6 Å². The van der Waals surface area contributed by atoms with E-state index in [9.17, 15) is 23.9 Å². The van der Waals surface area contributed by atoms with E-state index in [1.54, 1.807) is 25.2 Å². The summed E-state index contributed by atoms with van der Waals surface area (Å²) in [7, 11) is 1.54. The fourth-order valence-corrected chi connectivity index (χ4v) is 3.73. The van der Waals surface area contributed by atoms with E-state index in [-0.39, 0.29) is 43.6 Å². The van der Waals surface area contributed by atoms with Gasteiger partial charge in [-0.15, -0.1) is 0 Å². The summed E-state index contributed by atoms with van der Waals surface area (Å²) in [6.07, 6.45) is -0.149. The van der Waals surface area contributed by atoms with Crippen LogP contribution in [0.1, 0.15) is 22.3 Å². The van der Waals surface area contributed by atoms with Crippen LogP contribution in [-0.4, -0.2) is 65.2 Å². The third kappa shape index (κ3) is 4.90. The van der Waals surface area contributed by atoms with Crippen molar-refractivity contribution in [1.29, 1.82) is 0 Å². The van der Waals surface area contributed by atoms with Gasteiger partial charge in [-0.1, -0.05) is 17.7 Å². The Balaban J connectivity index is 1.72. The third-order valence-corrected chi connectivity index (χ3v) is 5.45. The average Bonchev–Trinajstić information content (AvgIpc) is 3.06. The lowest BCUT2D eigenvalue weighted by molar-refractivity contribution is -0.149. The van der Waals surface area contributed by atoms with E-state index >= 15 is 0 Å². The molecule has 0 aliphatic carbocycles. The number of likely N-dealkylation sites (N-methyl/N-ethyl adjacent to an activating group) is 1. The highest BCUT2D eigenvalue weighted by Gasteiger charge is 2.51. The molecule has 3 rings (SSSR count). The van der Waals surface area contributed by atoms with Crippen LogP contribution < -0.4 is 10.2 Å². The van der Waals surface area contributed by atoms with Crippen molar-refractivity contribution in [3.8, 4) is 0 Å². The van der Waals surface area contributed by atoms with Gasteiger partial charge in [0, 0.05) is 49.4 Å². The van der Waals surface area contributed by atoms with Crippen molar-refractivity contribution >= 4 is 35.0 Å². The van der Waals surface area contributed by atoms with Gasteiger partial charge in [-0.3, -0.25) is 14.4 Å². The molecule has 0 unspecified atom stereocenters. The Kier molecular flexibility index (Phi) is 7.12. The number of aliphatic hydroxyl groups is 2. The third-order valence-electron chi connectivity index (χ3n) is 5.23. The zero-order valence-electron chi connectivity index (χ0n) is 17.3. The van der Waals surface area contributed by atoms with Crippen molar-refractivity contribution in [2.24, 2.45) is 0 Å². The van der Waals surface area contributed by atoms with Gasteiger partial charge in [-0.25, -0.2) is 4.39 Å². The van der Waals surface area contributed by atoms with Gasteiger partial charge in [0.25, 0.3) is 17.7 Å². The van der Waals surface area contributed by atoms with Gasteiger partial charge in [0.1, 0.15) is 5.82 Å². The second-order valence-corrected chi connectivity index (χ2v) is 7.96. The molecule has 3 amide bonds. The summed E-state index contributed by atoms with van der Waals surface area (Å²) in [6.45, 7) is -0.0789. The molecule has 32 heavy (non-hydrogen) atoms. The van der Waals surface area contributed by atoms with Gasteiger partial charge in [0.05, 0.1) is 6.61 Å². The van der Waals surface area contributed by atoms with Crippen LogP contribution in [0.3, 0.4) is 0 Å². The fourth-order valence-electron chi connectivity index (χ4n) is 3.48. The monoisotopic (exact) mass is 463 g/mol. The van der Waals surface area contributed by atoms with E-state index in [0.29, 0.717) is 16.8 Å². The Hall–Kier alpha value is -3.01. The fraction of sp³-hybridized carbons (Fsp3) is 0.318. The summed E-state index contributed by atoms with van der Waals surface area (Å²) >= 11 is 5.80. The molecule has 0 aromatic heterocycles. The standard InChI is InChI=1S/C22H23ClFN3O5/c1-26(7-8-28)19(29)15-3-2-4-18(11-15)27-6-5-22(32,21(27)31)20(30)25-13-14-9-16(23)12-17(24)10-14/h2-4,9-12,28,32H,5-8,13H2,1H3,(H,25,30)/t22-/m0/s1. The molecule has 0 radical (unpaired) electrons. The predicted molar refractivity (Wildman–Crippen MR) is 116 cm³/mol. The zero-order chi connectivity index (χ0) is 23.5. The summed E-state index contributed by atoms with van der Waals surface area (Å²) in [6, 6.07) is 10.0. The largest absolute Gasteiger partial charge is 0.395 e. The van der Waals surface area contributed by atoms with E-state index < -0.39 is 23.2 Å². The van der Waals surface area contributed by atoms with Crippen molar-refractivity contribution in [2.45, 2.75) is 18.6 Å². The van der Waals surface area contributed by atoms with Gasteiger partial charge >= 0.3 is 0 Å². The quantitative estimate of drug-likeness (QED) is 0.536. The minimum atomic E-state index is -2.29. The van der Waals surface area contributed by atoms with Crippen molar-refractivity contribution in [3.05, 3.63) is 64.4 Å². The Morgan fingerprint density at radius 2 is 2.03 bits per heavy atom. The summed E-state index contributed by atoms with van der Waals surface area (Å²) in [4.78, 5) is 40.6. The smallest absolute Gasteiger partial charge is 0.268 e. The number of nitrogens with zero attached hydrogens (tertiary/aromatic N) is 2. The first kappa shape index (κ1) is 23.6. The highest BCUT2D eigenvalue weighted by molar-refractivity contribution is 6.30. The number of hydrogen-bond acceptors (Lipinski definition) is 5. The summed E-state index contributed by atoms with van der Waals surface area (Å²) in [5, 5.41) is 22.4. The molecule has 1 aliphatic heterocycles. The van der Waals surface area contributed by atoms with E-state index in [4.69, 9.17) is 16.7 Å². The highest BCUT2D eigenvalue weighted by Crippen LogP contribution is 2.29. The van der Waals surface area contributed by atoms with Crippen LogP contribution in [-0.2, 0) is 16.1 Å². The van der Waals surface area contributed by atoms with Crippen molar-refractivity contribution < 1.29 is 29.0 Å². The number of nitrogens with one attached hydrogen (secondary N) is 1. The molecule has 0 spiro atoms. The maximum absolute atomic E-state index is 13.5. The number of rotatable bonds is 7. The number of halogens is 2. The van der Waals surface area contributed by atoms with E-state index in [1.807, 2.05) is 0 Å². The molecule has 0 bridgehead atoms. The van der Waals surface area contributed by atoms with E-state index in [0.717, 1.165) is 6.07 Å². The number of aliphatic hydroxyl groups excluding tert-OH is 1. The second kappa shape index (κ2) is 9.64. The second-order valence-electron chi connectivity index (χ2n) is 7.53. The molecular formula is C22H23ClFN3O5. The minimum Gasteiger partial charge on any atom is -0.395 e. The topological polar surface area (TPSA) is 110 Å². The van der Waals surface area contributed by atoms with Crippen LogP contribution in [0.25, 0.3) is 0 Å². The molecule has 170 valence electrons. The van der Waals surface area contributed by atoms with Crippen molar-refractivity contribution in [3.63, 3.8) is 0 Å². The maximum atomic E-state index is 13.5. The molecule has 1 aliphatic rings. The zero-order valence-corrected chi connectivity index (χ0v) is 18.1. The van der Waals surface area contributed by atoms with Crippen LogP contribution in [0.4, 0.5) is 10.1 Å². The van der Waals surface area contributed by atoms with E-state index in [1.165, 1.54) is 28.0 Å². The number of hydrogen-bond donors (Lipinski definition) is 3. The Morgan fingerprint density at radius 3 is 2.72 bits per heavy atom. The van der Waals surface area contributed by atoms with Crippen LogP contribution in [0.5, 0.6) is 0 Å². The molecule has 1 heterocycles. The summed E-state index contributed by atoms with van der Waals surface area (Å²) in [5.74, 6) is -2.63. The van der Waals surface area contributed by atoms with Gasteiger partial charge in [-0.05, 0) is 42.0 Å². The normalized spacial score (nSPS) is 18.0.